The van der Waals surface area contributed by atoms with Crippen molar-refractivity contribution in [3.63, 3.8) is 0 Å². The Balaban J connectivity index is 1.46. The molecule has 34 heavy (non-hydrogen) atoms. The van der Waals surface area contributed by atoms with Crippen LogP contribution < -0.4 is 5.32 Å². The van der Waals surface area contributed by atoms with Gasteiger partial charge in [0.15, 0.2) is 17.4 Å². The molecule has 0 radical (unpaired) electrons. The number of thioether (sulfide) groups is 1. The number of fused-ring (bicyclic) bond motifs is 1. The summed E-state index contributed by atoms with van der Waals surface area (Å²) in [5, 5.41) is 12.9. The molecule has 0 spiro atoms. The summed E-state index contributed by atoms with van der Waals surface area (Å²) in [6, 6.07) is 8.95. The quantitative estimate of drug-likeness (QED) is 0.282. The maximum absolute atomic E-state index is 13.3. The fourth-order valence-corrected chi connectivity index (χ4v) is 4.95. The molecular formula is C24H23ClN6O2S. The molecule has 8 nitrogen and oxygen atoms in total. The first-order chi connectivity index (χ1) is 16.5. The number of carbonyl (C=O) groups is 1. The predicted molar refractivity (Wildman–Crippen MR) is 132 cm³/mol. The van der Waals surface area contributed by atoms with E-state index in [0.717, 1.165) is 43.0 Å². The Labute approximate surface area is 206 Å². The van der Waals surface area contributed by atoms with Gasteiger partial charge in [0, 0.05) is 24.2 Å². The van der Waals surface area contributed by atoms with E-state index < -0.39 is 0 Å². The zero-order chi connectivity index (χ0) is 23.7. The van der Waals surface area contributed by atoms with Gasteiger partial charge in [-0.15, -0.1) is 22.0 Å². The van der Waals surface area contributed by atoms with Gasteiger partial charge in [-0.2, -0.15) is 0 Å². The maximum Gasteiger partial charge on any atom is 0.260 e. The number of benzene rings is 1. The molecule has 10 heteroatoms. The Morgan fingerprint density at radius 3 is 2.85 bits per heavy atom. The first-order valence-electron chi connectivity index (χ1n) is 11.0. The van der Waals surface area contributed by atoms with Crippen molar-refractivity contribution in [3.8, 4) is 23.0 Å². The van der Waals surface area contributed by atoms with Crippen LogP contribution in [0.25, 0.3) is 23.0 Å². The standard InChI is InChI=1S/C24H23ClN6O2S/c1-14-20(24(34-2)28-21(26-14)18-7-6-12-33-18)23(32)27-15-9-10-17(25)16(13-15)22-30-29-19-8-4-3-5-11-31(19)22/h6-7,9-10,12-13H,3-5,8,11H2,1-2H3,(H,27,32). The molecule has 5 rings (SSSR count). The lowest BCUT2D eigenvalue weighted by atomic mass is 10.1. The van der Waals surface area contributed by atoms with Gasteiger partial charge in [0.2, 0.25) is 0 Å². The Morgan fingerprint density at radius 2 is 2.06 bits per heavy atom. The Kier molecular flexibility index (Phi) is 6.38. The van der Waals surface area contributed by atoms with Crippen LogP contribution in [0.2, 0.25) is 5.02 Å². The van der Waals surface area contributed by atoms with E-state index >= 15 is 0 Å². The normalized spacial score (nSPS) is 13.4. The number of aryl methyl sites for hydroxylation is 2. The van der Waals surface area contributed by atoms with E-state index in [1.165, 1.54) is 18.2 Å². The van der Waals surface area contributed by atoms with Gasteiger partial charge in [-0.3, -0.25) is 4.79 Å². The van der Waals surface area contributed by atoms with E-state index in [4.69, 9.17) is 16.0 Å². The number of hydrogen-bond donors (Lipinski definition) is 1. The van der Waals surface area contributed by atoms with Gasteiger partial charge in [-0.25, -0.2) is 9.97 Å². The molecule has 0 unspecified atom stereocenters. The summed E-state index contributed by atoms with van der Waals surface area (Å²) in [5.74, 6) is 2.42. The average molecular weight is 495 g/mol. The molecule has 1 aliphatic heterocycles. The summed E-state index contributed by atoms with van der Waals surface area (Å²) < 4.78 is 7.55. The lowest BCUT2D eigenvalue weighted by Crippen LogP contribution is -2.17. The lowest BCUT2D eigenvalue weighted by molar-refractivity contribution is 0.102. The highest BCUT2D eigenvalue weighted by Crippen LogP contribution is 2.32. The van der Waals surface area contributed by atoms with Crippen LogP contribution in [-0.2, 0) is 13.0 Å². The van der Waals surface area contributed by atoms with Crippen LogP contribution in [0.15, 0.2) is 46.0 Å². The number of nitrogens with zero attached hydrogens (tertiary/aromatic N) is 5. The molecule has 0 fully saturated rings. The van der Waals surface area contributed by atoms with Gasteiger partial charge in [0.05, 0.1) is 22.5 Å². The SMILES string of the molecule is CSc1nc(-c2ccco2)nc(C)c1C(=O)Nc1ccc(Cl)c(-c2nnc3n2CCCCC3)c1. The monoisotopic (exact) mass is 494 g/mol. The second-order valence-corrected chi connectivity index (χ2v) is 9.25. The number of amides is 1. The second-order valence-electron chi connectivity index (χ2n) is 8.05. The van der Waals surface area contributed by atoms with E-state index in [9.17, 15) is 4.79 Å². The number of aromatic nitrogens is 5. The molecule has 4 aromatic rings. The first-order valence-corrected chi connectivity index (χ1v) is 12.7. The molecule has 1 aromatic carbocycles. The molecular weight excluding hydrogens is 472 g/mol. The number of hydrogen-bond acceptors (Lipinski definition) is 7. The molecule has 3 aromatic heterocycles. The van der Waals surface area contributed by atoms with Gasteiger partial charge >= 0.3 is 0 Å². The fourth-order valence-electron chi connectivity index (χ4n) is 4.12. The summed E-state index contributed by atoms with van der Waals surface area (Å²) >= 11 is 7.92. The van der Waals surface area contributed by atoms with Gasteiger partial charge in [0.1, 0.15) is 10.9 Å². The highest BCUT2D eigenvalue weighted by atomic mass is 35.5. The summed E-state index contributed by atoms with van der Waals surface area (Å²) in [5.41, 5.74) is 2.35. The van der Waals surface area contributed by atoms with Crippen LogP contribution in [-0.4, -0.2) is 36.9 Å². The van der Waals surface area contributed by atoms with Crippen molar-refractivity contribution < 1.29 is 9.21 Å². The Bertz CT molecular complexity index is 1350. The molecule has 174 valence electrons. The maximum atomic E-state index is 13.3. The van der Waals surface area contributed by atoms with E-state index in [0.29, 0.717) is 38.6 Å². The Hall–Kier alpha value is -3.17. The Morgan fingerprint density at radius 1 is 1.18 bits per heavy atom. The third kappa shape index (κ3) is 4.33. The van der Waals surface area contributed by atoms with E-state index in [2.05, 4.69) is 30.0 Å². The van der Waals surface area contributed by atoms with Crippen molar-refractivity contribution in [1.82, 2.24) is 24.7 Å². The molecule has 1 amide bonds. The minimum Gasteiger partial charge on any atom is -0.461 e. The van der Waals surface area contributed by atoms with Crippen molar-refractivity contribution in [2.75, 3.05) is 11.6 Å². The summed E-state index contributed by atoms with van der Waals surface area (Å²) in [6.45, 7) is 2.65. The van der Waals surface area contributed by atoms with E-state index in [1.54, 1.807) is 37.5 Å². The smallest absolute Gasteiger partial charge is 0.260 e. The topological polar surface area (TPSA) is 98.7 Å². The van der Waals surface area contributed by atoms with Crippen molar-refractivity contribution in [3.05, 3.63) is 58.7 Å². The number of nitrogens with one attached hydrogen (secondary N) is 1. The van der Waals surface area contributed by atoms with Crippen LogP contribution in [0, 0.1) is 6.92 Å². The molecule has 1 N–H and O–H groups in total. The molecule has 0 saturated carbocycles. The summed E-state index contributed by atoms with van der Waals surface area (Å²) in [4.78, 5) is 22.3. The number of anilines is 1. The fraction of sp³-hybridized carbons (Fsp3) is 0.292. The first kappa shape index (κ1) is 22.6. The molecule has 0 atom stereocenters. The average Bonchev–Trinajstić information content (AvgIpc) is 3.45. The van der Waals surface area contributed by atoms with E-state index in [-0.39, 0.29) is 5.91 Å². The van der Waals surface area contributed by atoms with Crippen molar-refractivity contribution in [2.24, 2.45) is 0 Å². The highest BCUT2D eigenvalue weighted by molar-refractivity contribution is 7.98. The molecule has 4 heterocycles. The number of carbonyl (C=O) groups excluding carboxylic acids is 1. The van der Waals surface area contributed by atoms with Crippen LogP contribution >= 0.6 is 23.4 Å². The molecule has 1 aliphatic rings. The second kappa shape index (κ2) is 9.60. The van der Waals surface area contributed by atoms with Crippen LogP contribution in [0.1, 0.15) is 41.1 Å². The lowest BCUT2D eigenvalue weighted by Gasteiger charge is -2.13. The van der Waals surface area contributed by atoms with Crippen molar-refractivity contribution >= 4 is 35.0 Å². The highest BCUT2D eigenvalue weighted by Gasteiger charge is 2.22. The zero-order valence-corrected chi connectivity index (χ0v) is 20.4. The van der Waals surface area contributed by atoms with E-state index in [1.807, 2.05) is 12.3 Å². The van der Waals surface area contributed by atoms with Crippen molar-refractivity contribution in [2.45, 2.75) is 44.2 Å². The third-order valence-electron chi connectivity index (χ3n) is 5.79. The number of halogens is 1. The van der Waals surface area contributed by atoms with Gasteiger partial charge in [-0.1, -0.05) is 18.0 Å². The number of rotatable bonds is 5. The number of furan rings is 1. The minimum atomic E-state index is -0.291. The van der Waals surface area contributed by atoms with Crippen LogP contribution in [0.5, 0.6) is 0 Å². The summed E-state index contributed by atoms with van der Waals surface area (Å²) in [6.07, 6.45) is 7.72. The van der Waals surface area contributed by atoms with Gasteiger partial charge in [0.25, 0.3) is 5.91 Å². The molecule has 0 saturated heterocycles. The largest absolute Gasteiger partial charge is 0.461 e. The van der Waals surface area contributed by atoms with Crippen molar-refractivity contribution in [1.29, 1.82) is 0 Å². The molecule has 0 aliphatic carbocycles. The third-order valence-corrected chi connectivity index (χ3v) is 6.81. The predicted octanol–water partition coefficient (Wildman–Crippen LogP) is 5.66. The van der Waals surface area contributed by atoms with Gasteiger partial charge < -0.3 is 14.3 Å². The van der Waals surface area contributed by atoms with Crippen LogP contribution in [0.3, 0.4) is 0 Å². The summed E-state index contributed by atoms with van der Waals surface area (Å²) in [7, 11) is 0. The van der Waals surface area contributed by atoms with Gasteiger partial charge in [-0.05, 0) is 56.4 Å². The molecule has 0 bridgehead atoms. The van der Waals surface area contributed by atoms with Crippen LogP contribution in [0.4, 0.5) is 5.69 Å². The zero-order valence-electron chi connectivity index (χ0n) is 18.8. The minimum absolute atomic E-state index is 0.291.